The molecule has 0 saturated carbocycles. The number of halogens is 4. The smallest absolute Gasteiger partial charge is 0.345 e. The van der Waals surface area contributed by atoms with Gasteiger partial charge in [-0.25, -0.2) is 19.0 Å². The minimum atomic E-state index is -3.16. The van der Waals surface area contributed by atoms with E-state index in [0.29, 0.717) is 22.8 Å². The van der Waals surface area contributed by atoms with Crippen molar-refractivity contribution in [3.63, 3.8) is 0 Å². The molecule has 0 fully saturated rings. The van der Waals surface area contributed by atoms with E-state index in [1.165, 1.54) is 13.3 Å². The molecule has 0 saturated heterocycles. The van der Waals surface area contributed by atoms with Crippen LogP contribution in [-0.4, -0.2) is 44.4 Å². The summed E-state index contributed by atoms with van der Waals surface area (Å²) >= 11 is 6.33. The summed E-state index contributed by atoms with van der Waals surface area (Å²) in [6.45, 7) is -1.25. The SMILES string of the molecule is O.[2H]C(C)(NC(=O)COC(F)F)c1cc(F)cc(Cl)c1COc1cccc2c(-c3ncnn3C)cc(C)nc12. The Kier molecular flexibility index (Phi) is 8.77. The Morgan fingerprint density at radius 2 is 2.05 bits per heavy atom. The maximum Gasteiger partial charge on any atom is 0.345 e. The highest BCUT2D eigenvalue weighted by Crippen LogP contribution is 2.34. The zero-order valence-electron chi connectivity index (χ0n) is 21.6. The number of nitrogens with zero attached hydrogens (tertiary/aromatic N) is 4. The molecule has 3 N–H and O–H groups in total. The summed E-state index contributed by atoms with van der Waals surface area (Å²) in [6, 6.07) is 7.38. The van der Waals surface area contributed by atoms with Crippen LogP contribution in [-0.2, 0) is 23.2 Å². The zero-order valence-corrected chi connectivity index (χ0v) is 21.3. The number of fused-ring (bicyclic) bond motifs is 1. The van der Waals surface area contributed by atoms with Crippen LogP contribution < -0.4 is 10.1 Å². The van der Waals surface area contributed by atoms with Crippen molar-refractivity contribution < 1.29 is 34.3 Å². The minimum absolute atomic E-state index is 0. The van der Waals surface area contributed by atoms with Gasteiger partial charge in [0.25, 0.3) is 0 Å². The molecule has 1 amide bonds. The maximum absolute atomic E-state index is 14.3. The van der Waals surface area contributed by atoms with Gasteiger partial charge in [0, 0.05) is 29.3 Å². The molecule has 0 radical (unpaired) electrons. The van der Waals surface area contributed by atoms with Gasteiger partial charge in [-0.15, -0.1) is 0 Å². The monoisotopic (exact) mass is 552 g/mol. The number of hydrogen-bond donors (Lipinski definition) is 1. The molecule has 0 aliphatic carbocycles. The van der Waals surface area contributed by atoms with Gasteiger partial charge in [-0.05, 0) is 43.7 Å². The number of carbonyl (C=O) groups is 1. The number of hydrogen-bond acceptors (Lipinski definition) is 6. The molecule has 2 aromatic carbocycles. The van der Waals surface area contributed by atoms with E-state index >= 15 is 0 Å². The average molecular weight is 553 g/mol. The number of nitrogens with one attached hydrogen (secondary N) is 1. The number of pyridine rings is 1. The molecule has 0 spiro atoms. The molecule has 9 nitrogen and oxygen atoms in total. The van der Waals surface area contributed by atoms with E-state index in [9.17, 15) is 18.0 Å². The van der Waals surface area contributed by atoms with Gasteiger partial charge >= 0.3 is 6.61 Å². The minimum Gasteiger partial charge on any atom is -0.487 e. The van der Waals surface area contributed by atoms with Gasteiger partial charge < -0.3 is 20.3 Å². The standard InChI is InChI=1S/C25H23ClF3N5O3.H2O/c1-13-7-18(24-30-12-31-34(24)3)16-5-4-6-21(23(16)32-13)36-10-19-17(8-15(27)9-20(19)26)14(2)33-22(35)11-37-25(28)29;/h4-9,12,14,25H,10-11H2,1-3H3,(H,33,35);1H2/i14D;. The van der Waals surface area contributed by atoms with Crippen molar-refractivity contribution >= 4 is 28.4 Å². The maximum atomic E-state index is 14.3. The number of carbonyl (C=O) groups excluding carboxylic acids is 1. The summed E-state index contributed by atoms with van der Waals surface area (Å²) in [7, 11) is 1.78. The lowest BCUT2D eigenvalue weighted by Gasteiger charge is -2.20. The number of rotatable bonds is 9. The van der Waals surface area contributed by atoms with Gasteiger partial charge in [-0.2, -0.15) is 13.9 Å². The predicted molar refractivity (Wildman–Crippen MR) is 134 cm³/mol. The Morgan fingerprint density at radius 1 is 1.29 bits per heavy atom. The van der Waals surface area contributed by atoms with Crippen molar-refractivity contribution in [1.82, 2.24) is 25.1 Å². The number of para-hydroxylation sites is 1. The quantitative estimate of drug-likeness (QED) is 0.330. The van der Waals surface area contributed by atoms with E-state index in [-0.39, 0.29) is 28.2 Å². The van der Waals surface area contributed by atoms with Crippen LogP contribution in [0.2, 0.25) is 5.02 Å². The summed E-state index contributed by atoms with van der Waals surface area (Å²) in [5, 5.41) is 7.10. The number of aromatic nitrogens is 4. The lowest BCUT2D eigenvalue weighted by Crippen LogP contribution is -2.31. The lowest BCUT2D eigenvalue weighted by molar-refractivity contribution is -0.152. The fourth-order valence-electron chi connectivity index (χ4n) is 3.88. The fraction of sp³-hybridized carbons (Fsp3) is 0.280. The number of ether oxygens (including phenoxy) is 2. The summed E-state index contributed by atoms with van der Waals surface area (Å²) in [6.07, 6.45) is 1.45. The third-order valence-electron chi connectivity index (χ3n) is 5.49. The first-order valence-corrected chi connectivity index (χ1v) is 11.4. The van der Waals surface area contributed by atoms with Crippen molar-refractivity contribution in [2.75, 3.05) is 6.61 Å². The first-order valence-electron chi connectivity index (χ1n) is 11.5. The largest absolute Gasteiger partial charge is 0.487 e. The second kappa shape index (κ2) is 12.2. The second-order valence-corrected chi connectivity index (χ2v) is 8.53. The van der Waals surface area contributed by atoms with Crippen LogP contribution in [0.4, 0.5) is 13.2 Å². The summed E-state index contributed by atoms with van der Waals surface area (Å²) in [5.74, 6) is -0.707. The molecular weight excluding hydrogens is 527 g/mol. The molecule has 38 heavy (non-hydrogen) atoms. The van der Waals surface area contributed by atoms with Gasteiger partial charge in [-0.1, -0.05) is 23.7 Å². The lowest BCUT2D eigenvalue weighted by atomic mass is 10.0. The Hall–Kier alpha value is -3.74. The molecule has 2 aromatic heterocycles. The second-order valence-electron chi connectivity index (χ2n) is 8.12. The highest BCUT2D eigenvalue weighted by Gasteiger charge is 2.20. The van der Waals surface area contributed by atoms with E-state index < -0.39 is 31.0 Å². The van der Waals surface area contributed by atoms with Gasteiger partial charge in [0.2, 0.25) is 5.91 Å². The van der Waals surface area contributed by atoms with Crippen molar-refractivity contribution in [2.45, 2.75) is 33.1 Å². The number of amides is 1. The van der Waals surface area contributed by atoms with Crippen LogP contribution >= 0.6 is 11.6 Å². The number of aryl methyl sites for hydroxylation is 2. The van der Waals surface area contributed by atoms with Gasteiger partial charge in [0.1, 0.15) is 36.6 Å². The topological polar surface area (TPSA) is 123 Å². The highest BCUT2D eigenvalue weighted by molar-refractivity contribution is 6.31. The van der Waals surface area contributed by atoms with E-state index in [1.807, 2.05) is 19.1 Å². The molecule has 13 heteroatoms. The average Bonchev–Trinajstić information content (AvgIpc) is 3.26. The van der Waals surface area contributed by atoms with Crippen LogP contribution in [0.3, 0.4) is 0 Å². The van der Waals surface area contributed by atoms with Crippen LogP contribution in [0.1, 0.15) is 31.1 Å². The molecule has 1 atom stereocenters. The zero-order chi connectivity index (χ0) is 27.6. The first-order chi connectivity index (χ1) is 18.0. The van der Waals surface area contributed by atoms with Gasteiger partial charge in [-0.3, -0.25) is 4.79 Å². The van der Waals surface area contributed by atoms with Crippen LogP contribution in [0.15, 0.2) is 42.7 Å². The van der Waals surface area contributed by atoms with Gasteiger partial charge in [0.15, 0.2) is 5.82 Å². The van der Waals surface area contributed by atoms with Crippen LogP contribution in [0.5, 0.6) is 5.75 Å². The first kappa shape index (κ1) is 27.3. The summed E-state index contributed by atoms with van der Waals surface area (Å²) in [5.41, 5.74) is 2.25. The Morgan fingerprint density at radius 3 is 2.74 bits per heavy atom. The van der Waals surface area contributed by atoms with Crippen LogP contribution in [0.25, 0.3) is 22.3 Å². The van der Waals surface area contributed by atoms with E-state index in [0.717, 1.165) is 23.1 Å². The molecule has 0 aliphatic heterocycles. The summed E-state index contributed by atoms with van der Waals surface area (Å²) < 4.78 is 59.2. The Bertz CT molecular complexity index is 1500. The van der Waals surface area contributed by atoms with E-state index in [2.05, 4.69) is 25.1 Å². The molecule has 2 heterocycles. The van der Waals surface area contributed by atoms with Crippen molar-refractivity contribution in [3.05, 3.63) is 70.4 Å². The third-order valence-corrected chi connectivity index (χ3v) is 5.82. The van der Waals surface area contributed by atoms with E-state index in [4.69, 9.17) is 17.7 Å². The molecule has 0 bridgehead atoms. The molecule has 202 valence electrons. The number of benzene rings is 2. The van der Waals surface area contributed by atoms with Crippen molar-refractivity contribution in [3.8, 4) is 17.1 Å². The highest BCUT2D eigenvalue weighted by atomic mass is 35.5. The molecule has 1 unspecified atom stereocenters. The summed E-state index contributed by atoms with van der Waals surface area (Å²) in [4.78, 5) is 21.0. The van der Waals surface area contributed by atoms with Crippen molar-refractivity contribution in [1.29, 1.82) is 0 Å². The molecule has 4 rings (SSSR count). The Balaban J connectivity index is 0.00000420. The number of alkyl halides is 2. The third kappa shape index (κ3) is 6.39. The Labute approximate surface area is 222 Å². The van der Waals surface area contributed by atoms with Gasteiger partial charge in [0.05, 0.1) is 12.4 Å². The predicted octanol–water partition coefficient (Wildman–Crippen LogP) is 4.30. The normalized spacial score (nSPS) is 13.1. The van der Waals surface area contributed by atoms with Crippen molar-refractivity contribution in [2.24, 2.45) is 7.05 Å². The van der Waals surface area contributed by atoms with E-state index in [1.54, 1.807) is 23.9 Å². The van der Waals surface area contributed by atoms with Crippen LogP contribution in [0, 0.1) is 12.7 Å². The molecular formula is C25H25ClF3N5O4. The molecule has 0 aliphatic rings. The fourth-order valence-corrected chi connectivity index (χ4v) is 4.14. The molecule has 4 aromatic rings.